The molecule has 0 aliphatic carbocycles. The molecule has 3 aromatic heterocycles. The van der Waals surface area contributed by atoms with Crippen molar-refractivity contribution in [2.75, 3.05) is 0 Å². The minimum absolute atomic E-state index is 0.136. The zero-order chi connectivity index (χ0) is 14.9. The smallest absolute Gasteiger partial charge is 0.251 e. The van der Waals surface area contributed by atoms with E-state index in [2.05, 4.69) is 20.5 Å². The average molecular weight is 309 g/mol. The standard InChI is InChI=1S/C15H11N5OS/c21-15(10-4-5-11-12(7-10)22-9-17-11)16-8-14-19-18-13-3-1-2-6-20(13)14/h1-7,9H,8H2,(H,16,21). The number of rotatable bonds is 3. The molecule has 6 nitrogen and oxygen atoms in total. The lowest BCUT2D eigenvalue weighted by atomic mass is 10.2. The molecule has 3 heterocycles. The molecule has 1 N–H and O–H groups in total. The Morgan fingerprint density at radius 3 is 3.14 bits per heavy atom. The molecular formula is C15H11N5OS. The van der Waals surface area contributed by atoms with Gasteiger partial charge in [0.25, 0.3) is 5.91 Å². The molecule has 0 atom stereocenters. The molecule has 0 saturated carbocycles. The Balaban J connectivity index is 1.54. The van der Waals surface area contributed by atoms with Gasteiger partial charge in [0.15, 0.2) is 11.5 Å². The summed E-state index contributed by atoms with van der Waals surface area (Å²) in [5, 5.41) is 11.0. The number of nitrogens with one attached hydrogen (secondary N) is 1. The highest BCUT2D eigenvalue weighted by molar-refractivity contribution is 7.16. The lowest BCUT2D eigenvalue weighted by Gasteiger charge is -2.04. The molecule has 0 aliphatic rings. The zero-order valence-electron chi connectivity index (χ0n) is 11.4. The Hall–Kier alpha value is -2.80. The number of fused-ring (bicyclic) bond motifs is 2. The number of hydrogen-bond acceptors (Lipinski definition) is 5. The predicted octanol–water partition coefficient (Wildman–Crippen LogP) is 2.27. The highest BCUT2D eigenvalue weighted by Crippen LogP contribution is 2.19. The lowest BCUT2D eigenvalue weighted by molar-refractivity contribution is 0.0950. The van der Waals surface area contributed by atoms with Crippen molar-refractivity contribution < 1.29 is 4.79 Å². The molecule has 0 fully saturated rings. The molecule has 1 aromatic carbocycles. The van der Waals surface area contributed by atoms with E-state index < -0.39 is 0 Å². The molecule has 22 heavy (non-hydrogen) atoms. The number of amides is 1. The first-order valence-electron chi connectivity index (χ1n) is 6.71. The van der Waals surface area contributed by atoms with Gasteiger partial charge in [-0.15, -0.1) is 21.5 Å². The van der Waals surface area contributed by atoms with Gasteiger partial charge in [-0.05, 0) is 30.3 Å². The highest BCUT2D eigenvalue weighted by atomic mass is 32.1. The van der Waals surface area contributed by atoms with Gasteiger partial charge in [0.1, 0.15) is 0 Å². The van der Waals surface area contributed by atoms with Crippen LogP contribution in [0.3, 0.4) is 0 Å². The SMILES string of the molecule is O=C(NCc1nnc2ccccn12)c1ccc2ncsc2c1. The number of hydrogen-bond donors (Lipinski definition) is 1. The highest BCUT2D eigenvalue weighted by Gasteiger charge is 2.10. The summed E-state index contributed by atoms with van der Waals surface area (Å²) in [5.74, 6) is 0.561. The maximum Gasteiger partial charge on any atom is 0.251 e. The van der Waals surface area contributed by atoms with Crippen LogP contribution in [0.1, 0.15) is 16.2 Å². The van der Waals surface area contributed by atoms with Gasteiger partial charge in [-0.1, -0.05) is 6.07 Å². The van der Waals surface area contributed by atoms with Crippen molar-refractivity contribution in [3.63, 3.8) is 0 Å². The summed E-state index contributed by atoms with van der Waals surface area (Å²) in [7, 11) is 0. The van der Waals surface area contributed by atoms with E-state index in [1.54, 1.807) is 11.6 Å². The quantitative estimate of drug-likeness (QED) is 0.630. The van der Waals surface area contributed by atoms with Crippen LogP contribution in [0.25, 0.3) is 15.9 Å². The Bertz CT molecular complexity index is 974. The summed E-state index contributed by atoms with van der Waals surface area (Å²) >= 11 is 1.52. The Morgan fingerprint density at radius 2 is 2.18 bits per heavy atom. The lowest BCUT2D eigenvalue weighted by Crippen LogP contribution is -2.23. The normalized spacial score (nSPS) is 11.1. The summed E-state index contributed by atoms with van der Waals surface area (Å²) < 4.78 is 2.85. The number of carbonyl (C=O) groups is 1. The van der Waals surface area contributed by atoms with Gasteiger partial charge >= 0.3 is 0 Å². The molecule has 0 radical (unpaired) electrons. The summed E-state index contributed by atoms with van der Waals surface area (Å²) in [5.41, 5.74) is 4.06. The van der Waals surface area contributed by atoms with Crippen molar-refractivity contribution in [1.29, 1.82) is 0 Å². The molecule has 1 amide bonds. The molecule has 0 saturated heterocycles. The first-order chi connectivity index (χ1) is 10.8. The second-order valence-electron chi connectivity index (χ2n) is 4.76. The maximum atomic E-state index is 12.3. The van der Waals surface area contributed by atoms with Crippen LogP contribution in [0.15, 0.2) is 48.1 Å². The van der Waals surface area contributed by atoms with Gasteiger partial charge in [0, 0.05) is 11.8 Å². The topological polar surface area (TPSA) is 72.2 Å². The molecule has 7 heteroatoms. The van der Waals surface area contributed by atoms with Crippen molar-refractivity contribution >= 4 is 33.1 Å². The molecule has 0 spiro atoms. The first-order valence-corrected chi connectivity index (χ1v) is 7.59. The zero-order valence-corrected chi connectivity index (χ0v) is 12.2. The van der Waals surface area contributed by atoms with Crippen LogP contribution < -0.4 is 5.32 Å². The van der Waals surface area contributed by atoms with E-state index in [9.17, 15) is 4.79 Å². The fourth-order valence-electron chi connectivity index (χ4n) is 2.27. The van der Waals surface area contributed by atoms with Crippen molar-refractivity contribution in [3.05, 3.63) is 59.5 Å². The van der Waals surface area contributed by atoms with E-state index >= 15 is 0 Å². The Kier molecular flexibility index (Phi) is 3.05. The molecule has 0 bridgehead atoms. The van der Waals surface area contributed by atoms with E-state index in [1.807, 2.05) is 40.9 Å². The van der Waals surface area contributed by atoms with Crippen LogP contribution in [0.4, 0.5) is 0 Å². The Morgan fingerprint density at radius 1 is 1.23 bits per heavy atom. The van der Waals surface area contributed by atoms with E-state index in [0.717, 1.165) is 15.9 Å². The van der Waals surface area contributed by atoms with Gasteiger partial charge in [0.2, 0.25) is 0 Å². The summed E-state index contributed by atoms with van der Waals surface area (Å²) in [6.07, 6.45) is 1.88. The van der Waals surface area contributed by atoms with Gasteiger partial charge in [-0.2, -0.15) is 0 Å². The second kappa shape index (κ2) is 5.19. The third-order valence-corrected chi connectivity index (χ3v) is 4.18. The van der Waals surface area contributed by atoms with Gasteiger partial charge in [-0.25, -0.2) is 4.98 Å². The second-order valence-corrected chi connectivity index (χ2v) is 5.65. The third-order valence-electron chi connectivity index (χ3n) is 3.38. The molecule has 0 unspecified atom stereocenters. The monoisotopic (exact) mass is 309 g/mol. The van der Waals surface area contributed by atoms with Crippen LogP contribution in [0, 0.1) is 0 Å². The number of nitrogens with zero attached hydrogens (tertiary/aromatic N) is 4. The summed E-state index contributed by atoms with van der Waals surface area (Å²) in [6, 6.07) is 11.2. The third kappa shape index (κ3) is 2.21. The van der Waals surface area contributed by atoms with Gasteiger partial charge in [-0.3, -0.25) is 9.20 Å². The van der Waals surface area contributed by atoms with E-state index in [4.69, 9.17) is 0 Å². The van der Waals surface area contributed by atoms with Crippen molar-refractivity contribution in [2.45, 2.75) is 6.54 Å². The number of pyridine rings is 1. The first kappa shape index (κ1) is 12.9. The molecule has 108 valence electrons. The molecule has 4 aromatic rings. The van der Waals surface area contributed by atoms with Crippen molar-refractivity contribution in [1.82, 2.24) is 24.9 Å². The number of benzene rings is 1. The minimum Gasteiger partial charge on any atom is -0.345 e. The molecular weight excluding hydrogens is 298 g/mol. The van der Waals surface area contributed by atoms with Gasteiger partial charge in [0.05, 0.1) is 22.3 Å². The van der Waals surface area contributed by atoms with Gasteiger partial charge < -0.3 is 5.32 Å². The van der Waals surface area contributed by atoms with Crippen molar-refractivity contribution in [2.24, 2.45) is 0 Å². The van der Waals surface area contributed by atoms with Crippen LogP contribution >= 0.6 is 11.3 Å². The number of aromatic nitrogens is 4. The number of thiazole rings is 1. The average Bonchev–Trinajstić information content (AvgIpc) is 3.18. The van der Waals surface area contributed by atoms with Crippen LogP contribution in [0.2, 0.25) is 0 Å². The van der Waals surface area contributed by atoms with Crippen LogP contribution in [0.5, 0.6) is 0 Å². The van der Waals surface area contributed by atoms with Crippen molar-refractivity contribution in [3.8, 4) is 0 Å². The minimum atomic E-state index is -0.136. The summed E-state index contributed by atoms with van der Waals surface area (Å²) in [4.78, 5) is 16.5. The molecule has 4 rings (SSSR count). The van der Waals surface area contributed by atoms with E-state index in [0.29, 0.717) is 17.9 Å². The number of carbonyl (C=O) groups excluding carboxylic acids is 1. The largest absolute Gasteiger partial charge is 0.345 e. The maximum absolute atomic E-state index is 12.3. The summed E-state index contributed by atoms with van der Waals surface area (Å²) in [6.45, 7) is 0.324. The Labute approximate surface area is 129 Å². The van der Waals surface area contributed by atoms with E-state index in [1.165, 1.54) is 11.3 Å². The fraction of sp³-hybridized carbons (Fsp3) is 0.0667. The molecule has 0 aliphatic heterocycles. The predicted molar refractivity (Wildman–Crippen MR) is 83.8 cm³/mol. The van der Waals surface area contributed by atoms with Crippen LogP contribution in [-0.2, 0) is 6.54 Å². The van der Waals surface area contributed by atoms with E-state index in [-0.39, 0.29) is 5.91 Å². The fourth-order valence-corrected chi connectivity index (χ4v) is 2.99. The van der Waals surface area contributed by atoms with Crippen LogP contribution in [-0.4, -0.2) is 25.5 Å².